The third kappa shape index (κ3) is 4.29. The molecule has 0 aliphatic heterocycles. The quantitative estimate of drug-likeness (QED) is 0.814. The maximum atomic E-state index is 11.9. The number of primary sulfonamides is 1. The number of nitrogens with two attached hydrogens (primary N) is 1. The minimum atomic E-state index is -3.52. The molecule has 0 radical (unpaired) electrons. The Kier molecular flexibility index (Phi) is 4.59. The summed E-state index contributed by atoms with van der Waals surface area (Å²) in [6.45, 7) is 0.0558. The first-order valence-corrected chi connectivity index (χ1v) is 8.89. The Balaban J connectivity index is 1.96. The topological polar surface area (TPSA) is 89.3 Å². The molecular formula is C12H18N2O3S2. The van der Waals surface area contributed by atoms with E-state index in [0.717, 1.165) is 12.8 Å². The van der Waals surface area contributed by atoms with Gasteiger partial charge in [-0.2, -0.15) is 0 Å². The molecule has 0 spiro atoms. The first-order chi connectivity index (χ1) is 8.96. The standard InChI is InChI=1S/C12H18N2O3S2/c13-19(16,17)7-6-14-12(15)11-8-9-4-2-1-3-5-10(9)18-11/h8H,1-7H2,(H,14,15)(H2,13,16,17). The van der Waals surface area contributed by atoms with Crippen LogP contribution in [0.15, 0.2) is 6.07 Å². The van der Waals surface area contributed by atoms with Crippen molar-refractivity contribution in [2.45, 2.75) is 32.1 Å². The van der Waals surface area contributed by atoms with Gasteiger partial charge >= 0.3 is 0 Å². The summed E-state index contributed by atoms with van der Waals surface area (Å²) < 4.78 is 21.6. The van der Waals surface area contributed by atoms with Crippen LogP contribution in [0.25, 0.3) is 0 Å². The minimum absolute atomic E-state index is 0.0558. The Labute approximate surface area is 117 Å². The molecule has 1 aromatic rings. The second-order valence-electron chi connectivity index (χ2n) is 4.74. The monoisotopic (exact) mass is 302 g/mol. The predicted molar refractivity (Wildman–Crippen MR) is 75.9 cm³/mol. The molecule has 0 saturated heterocycles. The van der Waals surface area contributed by atoms with Crippen molar-refractivity contribution in [3.05, 3.63) is 21.4 Å². The van der Waals surface area contributed by atoms with Crippen LogP contribution >= 0.6 is 11.3 Å². The highest BCUT2D eigenvalue weighted by atomic mass is 32.2. The van der Waals surface area contributed by atoms with Gasteiger partial charge in [0.05, 0.1) is 10.6 Å². The van der Waals surface area contributed by atoms with Crippen LogP contribution in [0.1, 0.15) is 39.4 Å². The van der Waals surface area contributed by atoms with Crippen LogP contribution in [0.3, 0.4) is 0 Å². The summed E-state index contributed by atoms with van der Waals surface area (Å²) in [5.41, 5.74) is 1.28. The number of carbonyl (C=O) groups excluding carboxylic acids is 1. The SMILES string of the molecule is NS(=O)(=O)CCNC(=O)c1cc2c(s1)CCCCC2. The molecule has 0 unspecified atom stereocenters. The minimum Gasteiger partial charge on any atom is -0.350 e. The van der Waals surface area contributed by atoms with Gasteiger partial charge in [-0.05, 0) is 37.3 Å². The zero-order chi connectivity index (χ0) is 13.9. The Morgan fingerprint density at radius 1 is 1.32 bits per heavy atom. The van der Waals surface area contributed by atoms with Gasteiger partial charge in [0.1, 0.15) is 0 Å². The lowest BCUT2D eigenvalue weighted by molar-refractivity contribution is 0.0960. The number of nitrogens with one attached hydrogen (secondary N) is 1. The zero-order valence-corrected chi connectivity index (χ0v) is 12.3. The number of hydrogen-bond donors (Lipinski definition) is 2. The van der Waals surface area contributed by atoms with Gasteiger partial charge in [0.2, 0.25) is 10.0 Å². The van der Waals surface area contributed by atoms with Crippen LogP contribution in [0.5, 0.6) is 0 Å². The van der Waals surface area contributed by atoms with Gasteiger partial charge in [0.15, 0.2) is 0 Å². The highest BCUT2D eigenvalue weighted by molar-refractivity contribution is 7.89. The Bertz CT molecular complexity index is 540. The number of aryl methyl sites for hydroxylation is 2. The molecule has 19 heavy (non-hydrogen) atoms. The van der Waals surface area contributed by atoms with E-state index in [1.807, 2.05) is 6.07 Å². The van der Waals surface area contributed by atoms with Crippen LogP contribution in [0.2, 0.25) is 0 Å². The molecule has 3 N–H and O–H groups in total. The van der Waals surface area contributed by atoms with Crippen LogP contribution in [-0.4, -0.2) is 26.6 Å². The molecule has 2 rings (SSSR count). The zero-order valence-electron chi connectivity index (χ0n) is 10.6. The fourth-order valence-corrected chi connectivity index (χ4v) is 3.73. The highest BCUT2D eigenvalue weighted by Gasteiger charge is 2.16. The van der Waals surface area contributed by atoms with Gasteiger partial charge in [-0.15, -0.1) is 11.3 Å². The van der Waals surface area contributed by atoms with E-state index in [1.165, 1.54) is 41.0 Å². The van der Waals surface area contributed by atoms with E-state index in [-0.39, 0.29) is 18.2 Å². The van der Waals surface area contributed by atoms with Crippen LogP contribution in [0.4, 0.5) is 0 Å². The smallest absolute Gasteiger partial charge is 0.261 e. The van der Waals surface area contributed by atoms with E-state index in [4.69, 9.17) is 5.14 Å². The number of hydrogen-bond acceptors (Lipinski definition) is 4. The summed E-state index contributed by atoms with van der Waals surface area (Å²) >= 11 is 1.52. The third-order valence-electron chi connectivity index (χ3n) is 3.14. The summed E-state index contributed by atoms with van der Waals surface area (Å²) in [7, 11) is -3.52. The number of sulfonamides is 1. The van der Waals surface area contributed by atoms with Crippen molar-refractivity contribution in [1.82, 2.24) is 5.32 Å². The lowest BCUT2D eigenvalue weighted by atomic mass is 10.1. The Morgan fingerprint density at radius 2 is 2.05 bits per heavy atom. The molecule has 106 valence electrons. The molecule has 0 bridgehead atoms. The van der Waals surface area contributed by atoms with Crippen molar-refractivity contribution in [2.75, 3.05) is 12.3 Å². The maximum Gasteiger partial charge on any atom is 0.261 e. The van der Waals surface area contributed by atoms with Crippen LogP contribution < -0.4 is 10.5 Å². The fourth-order valence-electron chi connectivity index (χ4n) is 2.17. The van der Waals surface area contributed by atoms with E-state index in [1.54, 1.807) is 0 Å². The van der Waals surface area contributed by atoms with Crippen molar-refractivity contribution >= 4 is 27.3 Å². The molecule has 0 atom stereocenters. The number of thiophene rings is 1. The number of fused-ring (bicyclic) bond motifs is 1. The largest absolute Gasteiger partial charge is 0.350 e. The summed E-state index contributed by atoms with van der Waals surface area (Å²) in [4.78, 5) is 13.9. The lowest BCUT2D eigenvalue weighted by Gasteiger charge is -2.01. The summed E-state index contributed by atoms with van der Waals surface area (Å²) in [5.74, 6) is -0.439. The van der Waals surface area contributed by atoms with E-state index >= 15 is 0 Å². The van der Waals surface area contributed by atoms with Crippen molar-refractivity contribution in [2.24, 2.45) is 5.14 Å². The average Bonchev–Trinajstić information content (AvgIpc) is 2.59. The number of carbonyl (C=O) groups is 1. The molecule has 1 amide bonds. The van der Waals surface area contributed by atoms with Crippen molar-refractivity contribution in [3.8, 4) is 0 Å². The average molecular weight is 302 g/mol. The van der Waals surface area contributed by atoms with Crippen molar-refractivity contribution < 1.29 is 13.2 Å². The number of rotatable bonds is 4. The molecule has 0 aromatic carbocycles. The molecule has 5 nitrogen and oxygen atoms in total. The molecule has 7 heteroatoms. The highest BCUT2D eigenvalue weighted by Crippen LogP contribution is 2.28. The molecule has 1 aliphatic rings. The number of amides is 1. The van der Waals surface area contributed by atoms with Crippen molar-refractivity contribution in [3.63, 3.8) is 0 Å². The van der Waals surface area contributed by atoms with Gasteiger partial charge in [0.25, 0.3) is 5.91 Å². The van der Waals surface area contributed by atoms with Gasteiger partial charge in [0, 0.05) is 11.4 Å². The van der Waals surface area contributed by atoms with Gasteiger partial charge in [-0.3, -0.25) is 4.79 Å². The molecule has 1 aromatic heterocycles. The summed E-state index contributed by atoms with van der Waals surface area (Å²) in [6.07, 6.45) is 5.69. The van der Waals surface area contributed by atoms with E-state index in [2.05, 4.69) is 5.32 Å². The summed E-state index contributed by atoms with van der Waals surface area (Å²) in [6, 6.07) is 1.94. The van der Waals surface area contributed by atoms with Gasteiger partial charge in [-0.25, -0.2) is 13.6 Å². The molecule has 0 saturated carbocycles. The van der Waals surface area contributed by atoms with Gasteiger partial charge < -0.3 is 5.32 Å². The maximum absolute atomic E-state index is 11.9. The Morgan fingerprint density at radius 3 is 2.79 bits per heavy atom. The summed E-state index contributed by atoms with van der Waals surface area (Å²) in [5, 5.41) is 7.47. The van der Waals surface area contributed by atoms with E-state index in [9.17, 15) is 13.2 Å². The first-order valence-electron chi connectivity index (χ1n) is 6.36. The lowest BCUT2D eigenvalue weighted by Crippen LogP contribution is -2.31. The van der Waals surface area contributed by atoms with Crippen LogP contribution in [-0.2, 0) is 22.9 Å². The molecule has 1 heterocycles. The first kappa shape index (κ1) is 14.5. The molecule has 0 fully saturated rings. The molecule has 1 aliphatic carbocycles. The second-order valence-corrected chi connectivity index (χ2v) is 7.61. The van der Waals surface area contributed by atoms with Crippen molar-refractivity contribution in [1.29, 1.82) is 0 Å². The third-order valence-corrected chi connectivity index (χ3v) is 5.15. The predicted octanol–water partition coefficient (Wildman–Crippen LogP) is 1.04. The Hall–Kier alpha value is -0.920. The molecular weight excluding hydrogens is 284 g/mol. The van der Waals surface area contributed by atoms with Gasteiger partial charge in [-0.1, -0.05) is 6.42 Å². The van der Waals surface area contributed by atoms with E-state index in [0.29, 0.717) is 4.88 Å². The second kappa shape index (κ2) is 6.02. The fraction of sp³-hybridized carbons (Fsp3) is 0.583. The normalized spacial score (nSPS) is 15.6. The van der Waals surface area contributed by atoms with Crippen LogP contribution in [0, 0.1) is 0 Å². The van der Waals surface area contributed by atoms with E-state index < -0.39 is 10.0 Å².